The van der Waals surface area contributed by atoms with Gasteiger partial charge >= 0.3 is 0 Å². The maximum absolute atomic E-state index is 12.7. The van der Waals surface area contributed by atoms with E-state index in [2.05, 4.69) is 0 Å². The third kappa shape index (κ3) is 3.57. The van der Waals surface area contributed by atoms with Crippen LogP contribution in [-0.4, -0.2) is 43.2 Å². The van der Waals surface area contributed by atoms with Gasteiger partial charge < -0.3 is 14.4 Å². The number of carbonyl (C=O) groups excluding carboxylic acids is 1. The number of carbonyl (C=O) groups is 1. The van der Waals surface area contributed by atoms with Gasteiger partial charge in [-0.3, -0.25) is 4.79 Å². The Morgan fingerprint density at radius 2 is 1.83 bits per heavy atom. The first-order valence-electron chi connectivity index (χ1n) is 7.74. The maximum Gasteiger partial charge on any atom is 0.264 e. The van der Waals surface area contributed by atoms with E-state index in [9.17, 15) is 4.79 Å². The Hall–Kier alpha value is -1.85. The molecule has 1 aromatic carbocycles. The van der Waals surface area contributed by atoms with Gasteiger partial charge in [-0.2, -0.15) is 0 Å². The molecule has 4 nitrogen and oxygen atoms in total. The van der Waals surface area contributed by atoms with Crippen LogP contribution in [0, 0.1) is 0 Å². The molecule has 122 valence electrons. The molecular formula is C18H21NO3S. The van der Waals surface area contributed by atoms with Crippen molar-refractivity contribution in [1.29, 1.82) is 0 Å². The molecule has 2 aromatic rings. The average Bonchev–Trinajstić information content (AvgIpc) is 3.03. The van der Waals surface area contributed by atoms with Crippen LogP contribution < -0.4 is 4.74 Å². The highest BCUT2D eigenvalue weighted by molar-refractivity contribution is 7.12. The second-order valence-electron chi connectivity index (χ2n) is 5.90. The van der Waals surface area contributed by atoms with Gasteiger partial charge in [0.25, 0.3) is 5.91 Å². The topological polar surface area (TPSA) is 38.8 Å². The van der Waals surface area contributed by atoms with Crippen LogP contribution in [0.2, 0.25) is 0 Å². The van der Waals surface area contributed by atoms with Gasteiger partial charge in [-0.15, -0.1) is 11.3 Å². The molecule has 2 heterocycles. The SMILES string of the molecule is COc1ccc(-c2csc(C(=O)N3C[C@@H](C)O[C@@H](C)C3)c2)cc1. The van der Waals surface area contributed by atoms with Crippen LogP contribution in [0.1, 0.15) is 23.5 Å². The van der Waals surface area contributed by atoms with Crippen molar-refractivity contribution in [3.8, 4) is 16.9 Å². The summed E-state index contributed by atoms with van der Waals surface area (Å²) in [6.07, 6.45) is 0.174. The highest BCUT2D eigenvalue weighted by atomic mass is 32.1. The molecule has 3 rings (SSSR count). The molecule has 0 saturated carbocycles. The molecule has 1 fully saturated rings. The predicted octanol–water partition coefficient (Wildman–Crippen LogP) is 3.67. The molecule has 5 heteroatoms. The summed E-state index contributed by atoms with van der Waals surface area (Å²) in [6.45, 7) is 5.32. The lowest BCUT2D eigenvalue weighted by Crippen LogP contribution is -2.48. The monoisotopic (exact) mass is 331 g/mol. The second-order valence-corrected chi connectivity index (χ2v) is 6.81. The first-order chi connectivity index (χ1) is 11.1. The molecule has 1 amide bonds. The molecule has 0 radical (unpaired) electrons. The van der Waals surface area contributed by atoms with Crippen LogP contribution in [0.4, 0.5) is 0 Å². The fourth-order valence-electron chi connectivity index (χ4n) is 2.88. The zero-order valence-corrected chi connectivity index (χ0v) is 14.4. The fourth-order valence-corrected chi connectivity index (χ4v) is 3.77. The first-order valence-corrected chi connectivity index (χ1v) is 8.62. The van der Waals surface area contributed by atoms with E-state index in [0.29, 0.717) is 13.1 Å². The van der Waals surface area contributed by atoms with Crippen molar-refractivity contribution in [1.82, 2.24) is 4.90 Å². The van der Waals surface area contributed by atoms with Gasteiger partial charge in [0.1, 0.15) is 5.75 Å². The summed E-state index contributed by atoms with van der Waals surface area (Å²) in [6, 6.07) is 9.85. The van der Waals surface area contributed by atoms with E-state index in [1.165, 1.54) is 11.3 Å². The third-order valence-corrected chi connectivity index (χ3v) is 4.86. The molecule has 0 aliphatic carbocycles. The molecule has 0 unspecified atom stereocenters. The van der Waals surface area contributed by atoms with Crippen molar-refractivity contribution in [2.24, 2.45) is 0 Å². The summed E-state index contributed by atoms with van der Waals surface area (Å²) in [5.74, 6) is 0.924. The predicted molar refractivity (Wildman–Crippen MR) is 92.2 cm³/mol. The number of ether oxygens (including phenoxy) is 2. The van der Waals surface area contributed by atoms with Crippen LogP contribution in [0.15, 0.2) is 35.7 Å². The lowest BCUT2D eigenvalue weighted by Gasteiger charge is -2.35. The molecule has 1 aliphatic rings. The van der Waals surface area contributed by atoms with E-state index in [1.807, 2.05) is 54.5 Å². The molecular weight excluding hydrogens is 310 g/mol. The van der Waals surface area contributed by atoms with E-state index in [1.54, 1.807) is 7.11 Å². The molecule has 1 aliphatic heterocycles. The Bertz CT molecular complexity index is 670. The van der Waals surface area contributed by atoms with Gasteiger partial charge in [0, 0.05) is 13.1 Å². The van der Waals surface area contributed by atoms with E-state index in [4.69, 9.17) is 9.47 Å². The normalized spacial score (nSPS) is 21.3. The Labute approximate surface area is 140 Å². The number of hydrogen-bond acceptors (Lipinski definition) is 4. The van der Waals surface area contributed by atoms with Crippen molar-refractivity contribution < 1.29 is 14.3 Å². The first kappa shape index (κ1) is 16.0. The minimum atomic E-state index is 0.0868. The van der Waals surface area contributed by atoms with Crippen LogP contribution in [-0.2, 0) is 4.74 Å². The van der Waals surface area contributed by atoms with Gasteiger partial charge in [0.2, 0.25) is 0 Å². The fraction of sp³-hybridized carbons (Fsp3) is 0.389. The quantitative estimate of drug-likeness (QED) is 0.861. The zero-order valence-electron chi connectivity index (χ0n) is 13.6. The molecule has 23 heavy (non-hydrogen) atoms. The Balaban J connectivity index is 1.76. The van der Waals surface area contributed by atoms with E-state index < -0.39 is 0 Å². The van der Waals surface area contributed by atoms with Gasteiger partial charge in [0.15, 0.2) is 0 Å². The third-order valence-electron chi connectivity index (χ3n) is 3.94. The number of nitrogens with zero attached hydrogens (tertiary/aromatic N) is 1. The van der Waals surface area contributed by atoms with Crippen molar-refractivity contribution in [2.45, 2.75) is 26.1 Å². The number of benzene rings is 1. The molecule has 0 N–H and O–H groups in total. The van der Waals surface area contributed by atoms with Crippen LogP contribution in [0.5, 0.6) is 5.75 Å². The smallest absolute Gasteiger partial charge is 0.264 e. The van der Waals surface area contributed by atoms with E-state index >= 15 is 0 Å². The minimum absolute atomic E-state index is 0.0868. The van der Waals surface area contributed by atoms with E-state index in [0.717, 1.165) is 21.8 Å². The number of hydrogen-bond donors (Lipinski definition) is 0. The van der Waals surface area contributed by atoms with Crippen LogP contribution in [0.3, 0.4) is 0 Å². The lowest BCUT2D eigenvalue weighted by atomic mass is 10.1. The molecule has 1 saturated heterocycles. The summed E-state index contributed by atoms with van der Waals surface area (Å²) >= 11 is 1.50. The summed E-state index contributed by atoms with van der Waals surface area (Å²) in [4.78, 5) is 15.4. The number of methoxy groups -OCH3 is 1. The van der Waals surface area contributed by atoms with Crippen molar-refractivity contribution in [2.75, 3.05) is 20.2 Å². The van der Waals surface area contributed by atoms with Gasteiger partial charge in [0.05, 0.1) is 24.2 Å². The molecule has 0 bridgehead atoms. The summed E-state index contributed by atoms with van der Waals surface area (Å²) < 4.78 is 10.9. The Kier molecular flexibility index (Phi) is 4.68. The minimum Gasteiger partial charge on any atom is -0.497 e. The molecule has 2 atom stereocenters. The lowest BCUT2D eigenvalue weighted by molar-refractivity contribution is -0.0585. The highest BCUT2D eigenvalue weighted by Gasteiger charge is 2.27. The summed E-state index contributed by atoms with van der Waals surface area (Å²) in [5, 5.41) is 2.03. The largest absolute Gasteiger partial charge is 0.497 e. The zero-order chi connectivity index (χ0) is 16.4. The molecule has 1 aromatic heterocycles. The van der Waals surface area contributed by atoms with Crippen molar-refractivity contribution >= 4 is 17.2 Å². The number of thiophene rings is 1. The standard InChI is InChI=1S/C18H21NO3S/c1-12-9-19(10-13(2)22-12)18(20)17-8-15(11-23-17)14-4-6-16(21-3)7-5-14/h4-8,11-13H,9-10H2,1-3H3/t12-,13+. The second kappa shape index (κ2) is 6.72. The number of morpholine rings is 1. The van der Waals surface area contributed by atoms with Gasteiger partial charge in [-0.1, -0.05) is 12.1 Å². The Morgan fingerprint density at radius 1 is 1.17 bits per heavy atom. The van der Waals surface area contributed by atoms with Gasteiger partial charge in [-0.05, 0) is 48.6 Å². The maximum atomic E-state index is 12.7. The van der Waals surface area contributed by atoms with Crippen molar-refractivity contribution in [3.63, 3.8) is 0 Å². The number of amides is 1. The van der Waals surface area contributed by atoms with Crippen LogP contribution in [0.25, 0.3) is 11.1 Å². The summed E-state index contributed by atoms with van der Waals surface area (Å²) in [5.41, 5.74) is 2.15. The summed E-state index contributed by atoms with van der Waals surface area (Å²) in [7, 11) is 1.65. The highest BCUT2D eigenvalue weighted by Crippen LogP contribution is 2.28. The van der Waals surface area contributed by atoms with Crippen LogP contribution >= 0.6 is 11.3 Å². The van der Waals surface area contributed by atoms with Gasteiger partial charge in [-0.25, -0.2) is 0 Å². The number of rotatable bonds is 3. The van der Waals surface area contributed by atoms with Crippen molar-refractivity contribution in [3.05, 3.63) is 40.6 Å². The van der Waals surface area contributed by atoms with E-state index in [-0.39, 0.29) is 18.1 Å². The Morgan fingerprint density at radius 3 is 2.43 bits per heavy atom. The molecule has 0 spiro atoms. The average molecular weight is 331 g/mol.